The number of rotatable bonds is 0. The summed E-state index contributed by atoms with van der Waals surface area (Å²) >= 11 is 6.74. The third kappa shape index (κ3) is 1.89. The summed E-state index contributed by atoms with van der Waals surface area (Å²) in [5.41, 5.74) is 0.918. The lowest BCUT2D eigenvalue weighted by Crippen LogP contribution is -2.22. The fraction of sp³-hybridized carbons (Fsp3) is 0.333. The lowest BCUT2D eigenvalue weighted by molar-refractivity contribution is 0.173. The minimum atomic E-state index is -0.884. The van der Waals surface area contributed by atoms with Gasteiger partial charge in [0.15, 0.2) is 0 Å². The highest BCUT2D eigenvalue weighted by atomic mass is 79.9. The van der Waals surface area contributed by atoms with E-state index in [-0.39, 0.29) is 6.61 Å². The standard InChI is InChI=1S/C9H7Br2FO/c10-5-1-8(11)7-3-6(12)4-13-9(7)2-5/h1-2,6H,3-4H2/t6-/m1/s1. The van der Waals surface area contributed by atoms with Gasteiger partial charge in [-0.2, -0.15) is 0 Å². The van der Waals surface area contributed by atoms with Gasteiger partial charge >= 0.3 is 0 Å². The molecule has 13 heavy (non-hydrogen) atoms. The summed E-state index contributed by atoms with van der Waals surface area (Å²) < 4.78 is 20.1. The van der Waals surface area contributed by atoms with Crippen molar-refractivity contribution in [1.82, 2.24) is 0 Å². The number of halogens is 3. The Hall–Kier alpha value is -0.0900. The van der Waals surface area contributed by atoms with Crippen LogP contribution in [0, 0.1) is 0 Å². The van der Waals surface area contributed by atoms with Gasteiger partial charge in [-0.15, -0.1) is 0 Å². The topological polar surface area (TPSA) is 9.23 Å². The Morgan fingerprint density at radius 1 is 1.38 bits per heavy atom. The van der Waals surface area contributed by atoms with E-state index in [1.54, 1.807) is 0 Å². The Bertz CT molecular complexity index is 341. The van der Waals surface area contributed by atoms with E-state index in [2.05, 4.69) is 31.9 Å². The predicted octanol–water partition coefficient (Wildman–Crippen LogP) is 3.48. The monoisotopic (exact) mass is 308 g/mol. The van der Waals surface area contributed by atoms with Crippen LogP contribution in [0.2, 0.25) is 0 Å². The minimum Gasteiger partial charge on any atom is -0.490 e. The van der Waals surface area contributed by atoms with E-state index >= 15 is 0 Å². The maximum absolute atomic E-state index is 13.0. The lowest BCUT2D eigenvalue weighted by atomic mass is 10.1. The van der Waals surface area contributed by atoms with Gasteiger partial charge in [0, 0.05) is 20.9 Å². The summed E-state index contributed by atoms with van der Waals surface area (Å²) in [6, 6.07) is 3.77. The van der Waals surface area contributed by atoms with Crippen LogP contribution in [0.4, 0.5) is 4.39 Å². The summed E-state index contributed by atoms with van der Waals surface area (Å²) in [5.74, 6) is 0.773. The second-order valence-corrected chi connectivity index (χ2v) is 4.75. The molecule has 0 N–H and O–H groups in total. The fourth-order valence-corrected chi connectivity index (χ4v) is 2.72. The molecule has 4 heteroatoms. The molecule has 0 bridgehead atoms. The molecule has 1 aliphatic rings. The van der Waals surface area contributed by atoms with Gasteiger partial charge in [0.05, 0.1) is 0 Å². The van der Waals surface area contributed by atoms with Crippen LogP contribution in [0.15, 0.2) is 21.1 Å². The number of hydrogen-bond donors (Lipinski definition) is 0. The molecule has 1 aliphatic heterocycles. The molecule has 0 amide bonds. The van der Waals surface area contributed by atoms with E-state index in [1.807, 2.05) is 12.1 Å². The van der Waals surface area contributed by atoms with Gasteiger partial charge in [-0.05, 0) is 12.1 Å². The molecule has 0 fully saturated rings. The first-order valence-corrected chi connectivity index (χ1v) is 5.50. The number of ether oxygens (including phenoxy) is 1. The summed E-state index contributed by atoms with van der Waals surface area (Å²) in [5, 5.41) is 0. The first-order chi connectivity index (χ1) is 6.16. The molecule has 0 unspecified atom stereocenters. The molecule has 0 aliphatic carbocycles. The molecule has 0 radical (unpaired) electrons. The van der Waals surface area contributed by atoms with Crippen molar-refractivity contribution in [2.45, 2.75) is 12.6 Å². The molecule has 1 atom stereocenters. The molecule has 1 aromatic rings. The predicted molar refractivity (Wildman–Crippen MR) is 55.9 cm³/mol. The number of alkyl halides is 1. The zero-order valence-corrected chi connectivity index (χ0v) is 9.86. The molecule has 1 heterocycles. The molecule has 0 saturated heterocycles. The number of hydrogen-bond acceptors (Lipinski definition) is 1. The first-order valence-electron chi connectivity index (χ1n) is 3.91. The van der Waals surface area contributed by atoms with Crippen molar-refractivity contribution >= 4 is 31.9 Å². The summed E-state index contributed by atoms with van der Waals surface area (Å²) in [6.07, 6.45) is -0.451. The minimum absolute atomic E-state index is 0.163. The fourth-order valence-electron chi connectivity index (χ4n) is 1.37. The number of benzene rings is 1. The maximum Gasteiger partial charge on any atom is 0.138 e. The van der Waals surface area contributed by atoms with Crippen LogP contribution in [-0.2, 0) is 6.42 Å². The van der Waals surface area contributed by atoms with Gasteiger partial charge < -0.3 is 4.74 Å². The highest BCUT2D eigenvalue weighted by molar-refractivity contribution is 9.11. The Morgan fingerprint density at radius 3 is 2.92 bits per heavy atom. The summed E-state index contributed by atoms with van der Waals surface area (Å²) in [6.45, 7) is 0.163. The van der Waals surface area contributed by atoms with Crippen molar-refractivity contribution in [1.29, 1.82) is 0 Å². The highest BCUT2D eigenvalue weighted by Gasteiger charge is 2.21. The van der Waals surface area contributed by atoms with Crippen molar-refractivity contribution in [3.05, 3.63) is 26.6 Å². The zero-order chi connectivity index (χ0) is 9.42. The molecule has 1 aromatic carbocycles. The average Bonchev–Trinajstić information content (AvgIpc) is 2.06. The van der Waals surface area contributed by atoms with Crippen LogP contribution in [0.25, 0.3) is 0 Å². The lowest BCUT2D eigenvalue weighted by Gasteiger charge is -2.21. The summed E-state index contributed by atoms with van der Waals surface area (Å²) in [7, 11) is 0. The van der Waals surface area contributed by atoms with E-state index in [9.17, 15) is 4.39 Å². The van der Waals surface area contributed by atoms with Crippen LogP contribution >= 0.6 is 31.9 Å². The van der Waals surface area contributed by atoms with Gasteiger partial charge in [0.1, 0.15) is 18.5 Å². The van der Waals surface area contributed by atoms with Crippen LogP contribution in [0.3, 0.4) is 0 Å². The second-order valence-electron chi connectivity index (χ2n) is 2.98. The molecular formula is C9H7Br2FO. The quantitative estimate of drug-likeness (QED) is 0.713. The molecular weight excluding hydrogens is 303 g/mol. The normalized spacial score (nSPS) is 20.7. The van der Waals surface area contributed by atoms with E-state index < -0.39 is 6.17 Å². The van der Waals surface area contributed by atoms with Gasteiger partial charge in [-0.25, -0.2) is 4.39 Å². The molecule has 0 spiro atoms. The van der Waals surface area contributed by atoms with Crippen molar-refractivity contribution in [2.75, 3.05) is 6.61 Å². The Morgan fingerprint density at radius 2 is 2.15 bits per heavy atom. The maximum atomic E-state index is 13.0. The smallest absolute Gasteiger partial charge is 0.138 e. The molecule has 1 nitrogen and oxygen atoms in total. The second kappa shape index (κ2) is 3.58. The van der Waals surface area contributed by atoms with E-state index in [1.165, 1.54) is 0 Å². The van der Waals surface area contributed by atoms with Gasteiger partial charge in [-0.3, -0.25) is 0 Å². The molecule has 0 saturated carbocycles. The van der Waals surface area contributed by atoms with Crippen molar-refractivity contribution < 1.29 is 9.13 Å². The SMILES string of the molecule is F[C@H]1COc2cc(Br)cc(Br)c2C1. The van der Waals surface area contributed by atoms with E-state index in [0.29, 0.717) is 6.42 Å². The Balaban J connectivity index is 2.47. The van der Waals surface area contributed by atoms with Crippen LogP contribution in [0.5, 0.6) is 5.75 Å². The van der Waals surface area contributed by atoms with E-state index in [4.69, 9.17) is 4.74 Å². The number of fused-ring (bicyclic) bond motifs is 1. The summed E-state index contributed by atoms with van der Waals surface area (Å²) in [4.78, 5) is 0. The van der Waals surface area contributed by atoms with Crippen LogP contribution in [0.1, 0.15) is 5.56 Å². The largest absolute Gasteiger partial charge is 0.490 e. The van der Waals surface area contributed by atoms with Crippen LogP contribution < -0.4 is 4.74 Å². The van der Waals surface area contributed by atoms with Crippen molar-refractivity contribution in [3.8, 4) is 5.75 Å². The van der Waals surface area contributed by atoms with Crippen molar-refractivity contribution in [3.63, 3.8) is 0 Å². The third-order valence-electron chi connectivity index (χ3n) is 1.96. The highest BCUT2D eigenvalue weighted by Crippen LogP contribution is 2.35. The average molecular weight is 310 g/mol. The molecule has 2 rings (SSSR count). The third-order valence-corrected chi connectivity index (χ3v) is 3.13. The molecule has 70 valence electrons. The first kappa shape index (κ1) is 9.46. The van der Waals surface area contributed by atoms with E-state index in [0.717, 1.165) is 20.3 Å². The van der Waals surface area contributed by atoms with Gasteiger partial charge in [0.25, 0.3) is 0 Å². The van der Waals surface area contributed by atoms with Crippen LogP contribution in [-0.4, -0.2) is 12.8 Å². The Kier molecular flexibility index (Phi) is 2.60. The van der Waals surface area contributed by atoms with Gasteiger partial charge in [0.2, 0.25) is 0 Å². The Labute approximate surface area is 92.5 Å². The van der Waals surface area contributed by atoms with Crippen molar-refractivity contribution in [2.24, 2.45) is 0 Å². The molecule has 0 aromatic heterocycles. The zero-order valence-electron chi connectivity index (χ0n) is 6.69. The van der Waals surface area contributed by atoms with Gasteiger partial charge in [-0.1, -0.05) is 31.9 Å².